The molecule has 0 unspecified atom stereocenters. The molecule has 0 radical (unpaired) electrons. The molecule has 114 valence electrons. The summed E-state index contributed by atoms with van der Waals surface area (Å²) < 4.78 is 15.5. The maximum Gasteiger partial charge on any atom is 0.410 e. The topological polar surface area (TPSA) is 65.1 Å². The largest absolute Gasteiger partial charge is 0.463 e. The second-order valence-electron chi connectivity index (χ2n) is 5.43. The van der Waals surface area contributed by atoms with Crippen molar-refractivity contribution in [2.45, 2.75) is 39.3 Å². The number of hydrogen-bond acceptors (Lipinski definition) is 5. The molecular weight excluding hydrogens is 262 g/mol. The highest BCUT2D eigenvalue weighted by Crippen LogP contribution is 2.15. The minimum atomic E-state index is -0.551. The third-order valence-corrected chi connectivity index (χ3v) is 2.53. The van der Waals surface area contributed by atoms with Gasteiger partial charge in [0.1, 0.15) is 5.60 Å². The van der Waals surface area contributed by atoms with E-state index >= 15 is 0 Å². The molecule has 1 rings (SSSR count). The predicted molar refractivity (Wildman–Crippen MR) is 73.3 cm³/mol. The maximum atomic E-state index is 12.1. The fraction of sp³-hybridized carbons (Fsp3) is 0.714. The van der Waals surface area contributed by atoms with Crippen molar-refractivity contribution in [1.29, 1.82) is 0 Å². The third-order valence-electron chi connectivity index (χ3n) is 2.53. The monoisotopic (exact) mass is 285 g/mol. The van der Waals surface area contributed by atoms with E-state index in [-0.39, 0.29) is 6.04 Å². The number of carbonyl (C=O) groups is 2. The van der Waals surface area contributed by atoms with Gasteiger partial charge < -0.3 is 14.2 Å². The Morgan fingerprint density at radius 2 is 2.10 bits per heavy atom. The molecule has 6 nitrogen and oxygen atoms in total. The second-order valence-corrected chi connectivity index (χ2v) is 5.43. The summed E-state index contributed by atoms with van der Waals surface area (Å²) in [4.78, 5) is 25.0. The van der Waals surface area contributed by atoms with Crippen LogP contribution in [0.2, 0.25) is 0 Å². The lowest BCUT2D eigenvalue weighted by Crippen LogP contribution is -2.49. The molecule has 0 aromatic carbocycles. The number of carbonyl (C=O) groups excluding carboxylic acids is 2. The van der Waals surface area contributed by atoms with E-state index in [9.17, 15) is 9.59 Å². The number of ether oxygens (including phenoxy) is 3. The summed E-state index contributed by atoms with van der Waals surface area (Å²) in [6, 6.07) is -0.317. The molecule has 0 spiro atoms. The molecule has 1 aliphatic heterocycles. The molecule has 1 saturated heterocycles. The van der Waals surface area contributed by atoms with Gasteiger partial charge in [-0.25, -0.2) is 9.59 Å². The minimum absolute atomic E-state index is 0.317. The molecule has 20 heavy (non-hydrogen) atoms. The summed E-state index contributed by atoms with van der Waals surface area (Å²) in [6.45, 7) is 8.74. The summed E-state index contributed by atoms with van der Waals surface area (Å²) in [7, 11) is 0. The first-order valence-electron chi connectivity index (χ1n) is 6.76. The summed E-state index contributed by atoms with van der Waals surface area (Å²) >= 11 is 0. The number of hydrogen-bond donors (Lipinski definition) is 0. The Hall–Kier alpha value is -1.56. The van der Waals surface area contributed by atoms with Gasteiger partial charge in [0.25, 0.3) is 0 Å². The third kappa shape index (κ3) is 5.61. The number of morpholine rings is 1. The van der Waals surface area contributed by atoms with Crippen LogP contribution in [-0.2, 0) is 19.0 Å². The maximum absolute atomic E-state index is 12.1. The number of esters is 1. The summed E-state index contributed by atoms with van der Waals surface area (Å²) in [5, 5.41) is 0. The quantitative estimate of drug-likeness (QED) is 0.584. The standard InChI is InChI=1S/C14H23NO5/c1-5-19-12(16)7-6-11-10-18-9-8-15(11)13(17)20-14(2,3)4/h6-7,11H,5,8-10H2,1-4H3/t11-/m1/s1. The van der Waals surface area contributed by atoms with Crippen molar-refractivity contribution < 1.29 is 23.8 Å². The van der Waals surface area contributed by atoms with Gasteiger partial charge in [-0.05, 0) is 27.7 Å². The van der Waals surface area contributed by atoms with Crippen LogP contribution in [0.4, 0.5) is 4.79 Å². The van der Waals surface area contributed by atoms with E-state index in [0.29, 0.717) is 26.4 Å². The van der Waals surface area contributed by atoms with E-state index in [1.807, 2.05) is 20.8 Å². The smallest absolute Gasteiger partial charge is 0.410 e. The summed E-state index contributed by atoms with van der Waals surface area (Å²) in [5.74, 6) is -0.429. The van der Waals surface area contributed by atoms with E-state index in [2.05, 4.69) is 0 Å². The molecular formula is C14H23NO5. The van der Waals surface area contributed by atoms with Crippen LogP contribution in [0.25, 0.3) is 0 Å². The Kier molecular flexibility index (Phi) is 6.01. The molecule has 1 heterocycles. The van der Waals surface area contributed by atoms with Gasteiger partial charge in [0.2, 0.25) is 0 Å². The van der Waals surface area contributed by atoms with Crippen molar-refractivity contribution in [2.24, 2.45) is 0 Å². The molecule has 0 aliphatic carbocycles. The van der Waals surface area contributed by atoms with Crippen LogP contribution < -0.4 is 0 Å². The summed E-state index contributed by atoms with van der Waals surface area (Å²) in [5.41, 5.74) is -0.551. The Bertz CT molecular complexity index is 372. The first kappa shape index (κ1) is 16.5. The van der Waals surface area contributed by atoms with Crippen LogP contribution in [0, 0.1) is 0 Å². The van der Waals surface area contributed by atoms with Crippen molar-refractivity contribution in [2.75, 3.05) is 26.4 Å². The zero-order valence-electron chi connectivity index (χ0n) is 12.5. The van der Waals surface area contributed by atoms with E-state index in [1.165, 1.54) is 6.08 Å². The number of amides is 1. The van der Waals surface area contributed by atoms with Crippen LogP contribution in [0.3, 0.4) is 0 Å². The second kappa shape index (κ2) is 7.28. The zero-order chi connectivity index (χ0) is 15.2. The number of nitrogens with zero attached hydrogens (tertiary/aromatic N) is 1. The predicted octanol–water partition coefficient (Wildman–Crippen LogP) is 1.74. The highest BCUT2D eigenvalue weighted by Gasteiger charge is 2.29. The first-order valence-corrected chi connectivity index (χ1v) is 6.76. The molecule has 0 aromatic rings. The van der Waals surface area contributed by atoms with Gasteiger partial charge in [-0.3, -0.25) is 4.90 Å². The highest BCUT2D eigenvalue weighted by atomic mass is 16.6. The normalized spacial score (nSPS) is 20.0. The zero-order valence-corrected chi connectivity index (χ0v) is 12.5. The molecule has 0 aromatic heterocycles. The van der Waals surface area contributed by atoms with Crippen LogP contribution >= 0.6 is 0 Å². The van der Waals surface area contributed by atoms with Crippen LogP contribution in [0.1, 0.15) is 27.7 Å². The molecule has 1 fully saturated rings. The number of rotatable bonds is 3. The SMILES string of the molecule is CCOC(=O)C=C[C@@H]1COCCN1C(=O)OC(C)(C)C. The van der Waals surface area contributed by atoms with Gasteiger partial charge in [-0.1, -0.05) is 6.08 Å². The fourth-order valence-corrected chi connectivity index (χ4v) is 1.71. The van der Waals surface area contributed by atoms with Gasteiger partial charge >= 0.3 is 12.1 Å². The van der Waals surface area contributed by atoms with Crippen molar-refractivity contribution in [3.8, 4) is 0 Å². The first-order chi connectivity index (χ1) is 9.33. The molecule has 1 amide bonds. The van der Waals surface area contributed by atoms with E-state index in [0.717, 1.165) is 0 Å². The molecule has 1 atom stereocenters. The molecule has 0 N–H and O–H groups in total. The van der Waals surface area contributed by atoms with E-state index in [4.69, 9.17) is 14.2 Å². The van der Waals surface area contributed by atoms with Crippen molar-refractivity contribution >= 4 is 12.1 Å². The minimum Gasteiger partial charge on any atom is -0.463 e. The average Bonchev–Trinajstić information content (AvgIpc) is 2.35. The lowest BCUT2D eigenvalue weighted by molar-refractivity contribution is -0.137. The average molecular weight is 285 g/mol. The fourth-order valence-electron chi connectivity index (χ4n) is 1.71. The Balaban J connectivity index is 2.67. The lowest BCUT2D eigenvalue weighted by atomic mass is 10.2. The molecule has 1 aliphatic rings. The van der Waals surface area contributed by atoms with Gasteiger partial charge in [0.15, 0.2) is 0 Å². The van der Waals surface area contributed by atoms with E-state index < -0.39 is 17.7 Å². The van der Waals surface area contributed by atoms with Crippen molar-refractivity contribution in [3.05, 3.63) is 12.2 Å². The molecule has 0 bridgehead atoms. The van der Waals surface area contributed by atoms with Gasteiger partial charge in [-0.15, -0.1) is 0 Å². The Morgan fingerprint density at radius 3 is 2.70 bits per heavy atom. The van der Waals surface area contributed by atoms with Crippen molar-refractivity contribution in [1.82, 2.24) is 4.90 Å². The Labute approximate surface area is 119 Å². The molecule has 0 saturated carbocycles. The summed E-state index contributed by atoms with van der Waals surface area (Å²) in [6.07, 6.45) is 2.53. The van der Waals surface area contributed by atoms with Crippen LogP contribution in [0.5, 0.6) is 0 Å². The van der Waals surface area contributed by atoms with E-state index in [1.54, 1.807) is 17.9 Å². The van der Waals surface area contributed by atoms with Gasteiger partial charge in [0, 0.05) is 12.6 Å². The Morgan fingerprint density at radius 1 is 1.40 bits per heavy atom. The molecule has 6 heteroatoms. The highest BCUT2D eigenvalue weighted by molar-refractivity contribution is 5.82. The lowest BCUT2D eigenvalue weighted by Gasteiger charge is -2.35. The van der Waals surface area contributed by atoms with Crippen LogP contribution in [0.15, 0.2) is 12.2 Å². The van der Waals surface area contributed by atoms with Gasteiger partial charge in [0.05, 0.1) is 25.9 Å². The van der Waals surface area contributed by atoms with Crippen LogP contribution in [-0.4, -0.2) is 55.0 Å². The van der Waals surface area contributed by atoms with Crippen molar-refractivity contribution in [3.63, 3.8) is 0 Å². The van der Waals surface area contributed by atoms with Gasteiger partial charge in [-0.2, -0.15) is 0 Å².